The zero-order valence-corrected chi connectivity index (χ0v) is 32.7. The number of nitrogens with one attached hydrogen (secondary N) is 1. The summed E-state index contributed by atoms with van der Waals surface area (Å²) in [6.07, 6.45) is 9.57. The fourth-order valence-electron chi connectivity index (χ4n) is 10.4. The number of rotatable bonds is 14. The van der Waals surface area contributed by atoms with Crippen LogP contribution in [0.3, 0.4) is 0 Å². The Hall–Kier alpha value is -3.52. The van der Waals surface area contributed by atoms with Crippen LogP contribution < -0.4 is 10.2 Å². The molecule has 0 bridgehead atoms. The number of piperidine rings is 1. The Morgan fingerprint density at radius 1 is 0.855 bits per heavy atom. The highest BCUT2D eigenvalue weighted by Gasteiger charge is 2.53. The number of carbonyl (C=O) groups is 2. The van der Waals surface area contributed by atoms with Gasteiger partial charge >= 0.3 is 6.09 Å². The highest BCUT2D eigenvalue weighted by molar-refractivity contribution is 7.92. The van der Waals surface area contributed by atoms with Crippen molar-refractivity contribution in [2.45, 2.75) is 66.5 Å². The van der Waals surface area contributed by atoms with Crippen LogP contribution in [-0.4, -0.2) is 141 Å². The molecule has 0 unspecified atom stereocenters. The molecule has 6 aliphatic rings. The van der Waals surface area contributed by atoms with Gasteiger partial charge in [0.05, 0.1) is 4.90 Å². The summed E-state index contributed by atoms with van der Waals surface area (Å²) in [5.74, 6) is 0.607. The van der Waals surface area contributed by atoms with Gasteiger partial charge < -0.3 is 30.0 Å². The molecule has 2 aromatic rings. The number of anilines is 1. The molecule has 1 aliphatic carbocycles. The fourth-order valence-corrected chi connectivity index (χ4v) is 12.1. The molecule has 3 atom stereocenters. The standard InChI is InChI=1S/C42H57FN6O5S/c43-34-7-1-6-33(24-34)42(30-47-20-5-21-47,38-8-2-9-39(38)44-41(51)52)32-15-22-46(23-16-32)25-31-26-48(27-31)35-11-13-36(14-12-35)55(53,54)37-28-49(29-37)40(50)10-3-17-45-18-4-19-45/h1,3,6-7,10-14,24,31-32,37-39,44H,2,4-5,8-9,15-23,25-30H2,(H,51,52)/b10-3+/t38-,39-,42-/m0/s1. The molecule has 2 aromatic carbocycles. The summed E-state index contributed by atoms with van der Waals surface area (Å²) in [4.78, 5) is 35.9. The third-order valence-electron chi connectivity index (χ3n) is 13.8. The Labute approximate surface area is 325 Å². The van der Waals surface area contributed by atoms with Gasteiger partial charge in [0.1, 0.15) is 11.1 Å². The maximum absolute atomic E-state index is 14.9. The van der Waals surface area contributed by atoms with Gasteiger partial charge in [-0.15, -0.1) is 0 Å². The lowest BCUT2D eigenvalue weighted by molar-refractivity contribution is -0.129. The van der Waals surface area contributed by atoms with Crippen LogP contribution in [0.15, 0.2) is 65.6 Å². The normalized spacial score (nSPS) is 25.9. The highest BCUT2D eigenvalue weighted by atomic mass is 32.2. The van der Waals surface area contributed by atoms with E-state index in [-0.39, 0.29) is 42.2 Å². The van der Waals surface area contributed by atoms with Crippen molar-refractivity contribution < 1.29 is 27.5 Å². The molecule has 5 saturated heterocycles. The van der Waals surface area contributed by atoms with Gasteiger partial charge in [0.25, 0.3) is 0 Å². The molecule has 8 rings (SSSR count). The number of halogens is 1. The number of carbonyl (C=O) groups excluding carboxylic acids is 1. The summed E-state index contributed by atoms with van der Waals surface area (Å²) in [5.41, 5.74) is 1.73. The van der Waals surface area contributed by atoms with Crippen molar-refractivity contribution in [2.24, 2.45) is 17.8 Å². The van der Waals surface area contributed by atoms with Crippen LogP contribution >= 0.6 is 0 Å². The minimum atomic E-state index is -3.52. The van der Waals surface area contributed by atoms with Crippen molar-refractivity contribution in [3.8, 4) is 0 Å². The van der Waals surface area contributed by atoms with Crippen LogP contribution in [-0.2, 0) is 20.0 Å². The van der Waals surface area contributed by atoms with Crippen LogP contribution in [0.4, 0.5) is 14.9 Å². The number of likely N-dealkylation sites (tertiary alicyclic amines) is 4. The summed E-state index contributed by atoms with van der Waals surface area (Å²) in [6, 6.07) is 14.3. The molecule has 0 aromatic heterocycles. The quantitative estimate of drug-likeness (QED) is 0.271. The summed E-state index contributed by atoms with van der Waals surface area (Å²) in [7, 11) is -3.52. The molecule has 1 saturated carbocycles. The molecule has 11 nitrogen and oxygen atoms in total. The van der Waals surface area contributed by atoms with Gasteiger partial charge in [-0.2, -0.15) is 0 Å². The highest BCUT2D eigenvalue weighted by Crippen LogP contribution is 2.51. The summed E-state index contributed by atoms with van der Waals surface area (Å²) in [6.45, 7) is 11.1. The summed E-state index contributed by atoms with van der Waals surface area (Å²) < 4.78 is 41.6. The fraction of sp³-hybridized carbons (Fsp3) is 0.619. The lowest BCUT2D eigenvalue weighted by Crippen LogP contribution is -2.60. The average molecular weight is 777 g/mol. The van der Waals surface area contributed by atoms with Gasteiger partial charge in [0, 0.05) is 75.0 Å². The second kappa shape index (κ2) is 16.1. The minimum absolute atomic E-state index is 0.115. The van der Waals surface area contributed by atoms with Crippen molar-refractivity contribution in [1.29, 1.82) is 0 Å². The number of hydrogen-bond donors (Lipinski definition) is 2. The predicted octanol–water partition coefficient (Wildman–Crippen LogP) is 4.30. The molecule has 2 amide bonds. The van der Waals surface area contributed by atoms with Crippen LogP contribution in [0.25, 0.3) is 0 Å². The van der Waals surface area contributed by atoms with Gasteiger partial charge in [0.2, 0.25) is 5.91 Å². The van der Waals surface area contributed by atoms with E-state index in [1.807, 2.05) is 24.3 Å². The Morgan fingerprint density at radius 3 is 2.20 bits per heavy atom. The molecule has 0 spiro atoms. The Morgan fingerprint density at radius 2 is 1.56 bits per heavy atom. The van der Waals surface area contributed by atoms with E-state index in [9.17, 15) is 27.5 Å². The molecule has 5 aliphatic heterocycles. The van der Waals surface area contributed by atoms with E-state index in [0.29, 0.717) is 16.7 Å². The van der Waals surface area contributed by atoms with E-state index in [1.165, 1.54) is 18.9 Å². The number of amides is 2. The number of carboxylic acid groups (broad SMARTS) is 1. The average Bonchev–Trinajstić information content (AvgIpc) is 3.54. The molecule has 13 heteroatoms. The lowest BCUT2D eigenvalue weighted by Gasteiger charge is -2.54. The van der Waals surface area contributed by atoms with Crippen molar-refractivity contribution in [2.75, 3.05) is 90.0 Å². The first kappa shape index (κ1) is 38.4. The van der Waals surface area contributed by atoms with Crippen LogP contribution in [0.1, 0.15) is 50.5 Å². The summed E-state index contributed by atoms with van der Waals surface area (Å²) in [5, 5.41) is 12.1. The minimum Gasteiger partial charge on any atom is -0.465 e. The van der Waals surface area contributed by atoms with Crippen LogP contribution in [0.5, 0.6) is 0 Å². The number of benzene rings is 2. The Balaban J connectivity index is 0.849. The Bertz CT molecular complexity index is 1820. The molecule has 0 radical (unpaired) electrons. The van der Waals surface area contributed by atoms with E-state index in [4.69, 9.17) is 0 Å². The van der Waals surface area contributed by atoms with Gasteiger partial charge in [-0.05, 0) is 132 Å². The maximum Gasteiger partial charge on any atom is 0.404 e. The third-order valence-corrected chi connectivity index (χ3v) is 15.9. The molecular formula is C42H57FN6O5S. The number of sulfone groups is 1. The van der Waals surface area contributed by atoms with E-state index in [0.717, 1.165) is 115 Å². The van der Waals surface area contributed by atoms with Crippen molar-refractivity contribution in [3.05, 3.63) is 72.1 Å². The monoisotopic (exact) mass is 776 g/mol. The lowest BCUT2D eigenvalue weighted by atomic mass is 9.57. The molecule has 2 N–H and O–H groups in total. The molecule has 298 valence electrons. The van der Waals surface area contributed by atoms with Crippen molar-refractivity contribution in [1.82, 2.24) is 24.9 Å². The largest absolute Gasteiger partial charge is 0.465 e. The smallest absolute Gasteiger partial charge is 0.404 e. The molecule has 6 fully saturated rings. The second-order valence-electron chi connectivity index (χ2n) is 17.1. The number of hydrogen-bond acceptors (Lipinski definition) is 8. The van der Waals surface area contributed by atoms with Crippen LogP contribution in [0.2, 0.25) is 0 Å². The zero-order valence-electron chi connectivity index (χ0n) is 31.9. The molecule has 5 heterocycles. The third kappa shape index (κ3) is 8.04. The molecular weight excluding hydrogens is 720 g/mol. The van der Waals surface area contributed by atoms with E-state index in [1.54, 1.807) is 29.2 Å². The predicted molar refractivity (Wildman–Crippen MR) is 210 cm³/mol. The first-order valence-electron chi connectivity index (χ1n) is 20.6. The van der Waals surface area contributed by atoms with E-state index >= 15 is 0 Å². The van der Waals surface area contributed by atoms with E-state index in [2.05, 4.69) is 31.0 Å². The van der Waals surface area contributed by atoms with Crippen molar-refractivity contribution >= 4 is 27.5 Å². The topological polar surface area (TPSA) is 117 Å². The second-order valence-corrected chi connectivity index (χ2v) is 19.3. The summed E-state index contributed by atoms with van der Waals surface area (Å²) >= 11 is 0. The van der Waals surface area contributed by atoms with Gasteiger partial charge in [0.15, 0.2) is 9.84 Å². The maximum atomic E-state index is 14.9. The zero-order chi connectivity index (χ0) is 38.2. The molecule has 55 heavy (non-hydrogen) atoms. The van der Waals surface area contributed by atoms with Crippen molar-refractivity contribution in [3.63, 3.8) is 0 Å². The van der Waals surface area contributed by atoms with E-state index < -0.39 is 21.2 Å². The van der Waals surface area contributed by atoms with Gasteiger partial charge in [-0.25, -0.2) is 17.6 Å². The number of nitrogens with zero attached hydrogens (tertiary/aromatic N) is 5. The SMILES string of the molecule is O=C(O)N[C@H]1CCC[C@@H]1[C@](CN1CCC1)(c1cccc(F)c1)C1CCN(CC2CN(c3ccc(S(=O)(=O)C4CN(C(=O)/C=C/CN5CCC5)C4)cc3)C2)CC1. The Kier molecular flexibility index (Phi) is 11.3. The van der Waals surface area contributed by atoms with Gasteiger partial charge in [-0.1, -0.05) is 24.6 Å². The van der Waals surface area contributed by atoms with Crippen LogP contribution in [0, 0.1) is 23.6 Å². The first-order chi connectivity index (χ1) is 26.6. The first-order valence-corrected chi connectivity index (χ1v) is 22.1. The van der Waals surface area contributed by atoms with Gasteiger partial charge in [-0.3, -0.25) is 9.69 Å².